The monoisotopic (exact) mass is 489 g/mol. The normalized spacial score (nSPS) is 11.9. The van der Waals surface area contributed by atoms with Crippen molar-refractivity contribution in [1.29, 1.82) is 0 Å². The van der Waals surface area contributed by atoms with Crippen LogP contribution in [0.5, 0.6) is 0 Å². The number of aromatic nitrogens is 1. The Morgan fingerprint density at radius 3 is 2.58 bits per heavy atom. The molecule has 0 atom stereocenters. The minimum absolute atomic E-state index is 0. The number of nitrogens with one attached hydrogen (secondary N) is 3. The van der Waals surface area contributed by atoms with Gasteiger partial charge in [-0.1, -0.05) is 6.92 Å². The fourth-order valence-corrected chi connectivity index (χ4v) is 3.14. The van der Waals surface area contributed by atoms with E-state index in [-0.39, 0.29) is 29.7 Å². The summed E-state index contributed by atoms with van der Waals surface area (Å²) in [5.41, 5.74) is 0. The Morgan fingerprint density at radius 1 is 1.25 bits per heavy atom. The van der Waals surface area contributed by atoms with Crippen molar-refractivity contribution >= 4 is 51.3 Å². The minimum Gasteiger partial charge on any atom is -0.357 e. The molecule has 1 rings (SSSR count). The summed E-state index contributed by atoms with van der Waals surface area (Å²) in [6.45, 7) is 8.13. The Morgan fingerprint density at radius 2 is 2.00 bits per heavy atom. The smallest absolute Gasteiger partial charge is 0.211 e. The van der Waals surface area contributed by atoms with Crippen LogP contribution in [0.2, 0.25) is 0 Å². The molecule has 140 valence electrons. The predicted octanol–water partition coefficient (Wildman–Crippen LogP) is 1.71. The zero-order valence-corrected chi connectivity index (χ0v) is 18.4. The number of rotatable bonds is 10. The van der Waals surface area contributed by atoms with Gasteiger partial charge in [-0.15, -0.1) is 35.3 Å². The molecule has 3 N–H and O–H groups in total. The number of guanidine groups is 1. The van der Waals surface area contributed by atoms with Crippen LogP contribution in [0.1, 0.15) is 37.1 Å². The molecule has 0 amide bonds. The van der Waals surface area contributed by atoms with Crippen LogP contribution in [0.4, 0.5) is 0 Å². The topological polar surface area (TPSA) is 95.5 Å². The molecule has 1 aromatic rings. The van der Waals surface area contributed by atoms with Crippen molar-refractivity contribution in [3.8, 4) is 0 Å². The van der Waals surface area contributed by atoms with Crippen LogP contribution in [-0.2, 0) is 23.0 Å². The summed E-state index contributed by atoms with van der Waals surface area (Å²) >= 11 is 1.68. The first-order valence-electron chi connectivity index (χ1n) is 7.93. The molecule has 0 saturated carbocycles. The quantitative estimate of drug-likeness (QED) is 0.201. The van der Waals surface area contributed by atoms with Crippen molar-refractivity contribution in [2.75, 3.05) is 25.4 Å². The van der Waals surface area contributed by atoms with Crippen molar-refractivity contribution in [3.05, 3.63) is 16.1 Å². The molecule has 1 aromatic heterocycles. The van der Waals surface area contributed by atoms with E-state index < -0.39 is 10.0 Å². The Hall–Kier alpha value is -0.460. The van der Waals surface area contributed by atoms with Gasteiger partial charge in [-0.05, 0) is 26.7 Å². The highest BCUT2D eigenvalue weighted by molar-refractivity contribution is 14.0. The van der Waals surface area contributed by atoms with Crippen molar-refractivity contribution in [1.82, 2.24) is 20.3 Å². The number of aryl methyl sites for hydroxylation is 1. The van der Waals surface area contributed by atoms with Gasteiger partial charge in [0.15, 0.2) is 5.96 Å². The molecule has 0 aromatic carbocycles. The summed E-state index contributed by atoms with van der Waals surface area (Å²) in [5.74, 6) is 0.831. The number of sulfonamides is 1. The first kappa shape index (κ1) is 23.5. The molecular weight excluding hydrogens is 461 g/mol. The number of nitrogens with zero attached hydrogens (tertiary/aromatic N) is 2. The molecule has 0 unspecified atom stereocenters. The van der Waals surface area contributed by atoms with Gasteiger partial charge in [0.2, 0.25) is 10.0 Å². The summed E-state index contributed by atoms with van der Waals surface area (Å²) in [6, 6.07) is 0. The van der Waals surface area contributed by atoms with Crippen molar-refractivity contribution in [2.45, 2.75) is 40.2 Å². The lowest BCUT2D eigenvalue weighted by molar-refractivity contribution is 0.579. The largest absolute Gasteiger partial charge is 0.357 e. The molecule has 24 heavy (non-hydrogen) atoms. The third-order valence-electron chi connectivity index (χ3n) is 3.01. The summed E-state index contributed by atoms with van der Waals surface area (Å²) in [5, 5.41) is 7.36. The van der Waals surface area contributed by atoms with Gasteiger partial charge in [0.25, 0.3) is 0 Å². The molecule has 0 saturated heterocycles. The predicted molar refractivity (Wildman–Crippen MR) is 112 cm³/mol. The molecule has 0 aliphatic carbocycles. The fourth-order valence-electron chi connectivity index (χ4n) is 1.70. The highest BCUT2D eigenvalue weighted by atomic mass is 127. The third-order valence-corrected chi connectivity index (χ3v) is 5.55. The van der Waals surface area contributed by atoms with Gasteiger partial charge in [0.05, 0.1) is 12.3 Å². The van der Waals surface area contributed by atoms with Crippen LogP contribution in [0.15, 0.2) is 11.2 Å². The van der Waals surface area contributed by atoms with Crippen molar-refractivity contribution in [2.24, 2.45) is 4.99 Å². The van der Waals surface area contributed by atoms with Gasteiger partial charge >= 0.3 is 0 Å². The van der Waals surface area contributed by atoms with Crippen LogP contribution >= 0.6 is 35.3 Å². The van der Waals surface area contributed by atoms with Crippen LogP contribution in [0.25, 0.3) is 0 Å². The van der Waals surface area contributed by atoms with Crippen LogP contribution in [0.3, 0.4) is 0 Å². The zero-order valence-electron chi connectivity index (χ0n) is 14.5. The Kier molecular flexibility index (Phi) is 12.6. The maximum Gasteiger partial charge on any atom is 0.211 e. The van der Waals surface area contributed by atoms with Gasteiger partial charge in [-0.25, -0.2) is 23.1 Å². The van der Waals surface area contributed by atoms with E-state index in [0.29, 0.717) is 26.1 Å². The van der Waals surface area contributed by atoms with Gasteiger partial charge in [0.1, 0.15) is 5.01 Å². The molecule has 0 radical (unpaired) electrons. The molecule has 7 nitrogen and oxygen atoms in total. The zero-order chi connectivity index (χ0) is 17.1. The van der Waals surface area contributed by atoms with Gasteiger partial charge in [-0.2, -0.15) is 0 Å². The number of aliphatic imine (C=N–C) groups is 1. The van der Waals surface area contributed by atoms with E-state index in [1.807, 2.05) is 13.1 Å². The molecule has 0 aliphatic rings. The second-order valence-electron chi connectivity index (χ2n) is 4.85. The van der Waals surface area contributed by atoms with E-state index in [9.17, 15) is 8.42 Å². The summed E-state index contributed by atoms with van der Waals surface area (Å²) in [6.07, 6.45) is 3.59. The molecule has 0 spiro atoms. The van der Waals surface area contributed by atoms with E-state index in [4.69, 9.17) is 0 Å². The lowest BCUT2D eigenvalue weighted by Crippen LogP contribution is -2.38. The first-order valence-corrected chi connectivity index (χ1v) is 10.4. The second kappa shape index (κ2) is 12.8. The highest BCUT2D eigenvalue weighted by Crippen LogP contribution is 2.13. The summed E-state index contributed by atoms with van der Waals surface area (Å²) in [7, 11) is -3.11. The Balaban J connectivity index is 0.00000529. The van der Waals surface area contributed by atoms with E-state index >= 15 is 0 Å². The van der Waals surface area contributed by atoms with Crippen LogP contribution in [0, 0.1) is 0 Å². The van der Waals surface area contributed by atoms with Crippen LogP contribution in [-0.4, -0.2) is 44.7 Å². The Labute approximate surface area is 166 Å². The van der Waals surface area contributed by atoms with Crippen molar-refractivity contribution in [3.63, 3.8) is 0 Å². The van der Waals surface area contributed by atoms with E-state index in [0.717, 1.165) is 23.9 Å². The van der Waals surface area contributed by atoms with Gasteiger partial charge in [0, 0.05) is 30.7 Å². The lowest BCUT2D eigenvalue weighted by atomic mass is 10.4. The molecule has 0 fully saturated rings. The molecule has 0 aliphatic heterocycles. The van der Waals surface area contributed by atoms with Crippen molar-refractivity contribution < 1.29 is 8.42 Å². The molecular formula is C14H28IN5O2S2. The number of hydrogen-bond acceptors (Lipinski definition) is 5. The summed E-state index contributed by atoms with van der Waals surface area (Å²) in [4.78, 5) is 10.1. The number of halogens is 1. The summed E-state index contributed by atoms with van der Waals surface area (Å²) < 4.78 is 25.2. The molecule has 1 heterocycles. The number of hydrogen-bond donors (Lipinski definition) is 3. The van der Waals surface area contributed by atoms with E-state index in [2.05, 4.69) is 32.3 Å². The van der Waals surface area contributed by atoms with E-state index in [1.165, 1.54) is 4.88 Å². The maximum absolute atomic E-state index is 11.3. The molecule has 10 heteroatoms. The standard InChI is InChI=1S/C14H27N5O2S2.HI/c1-4-12-10-17-13(22-12)11-18-14(15-5-2)16-8-7-9-19-23(20,21)6-3;/h10,19H,4-9,11H2,1-3H3,(H2,15,16,18);1H. The SMILES string of the molecule is CCNC(=NCc1ncc(CC)s1)NCCCNS(=O)(=O)CC.I. The van der Waals surface area contributed by atoms with Crippen LogP contribution < -0.4 is 15.4 Å². The van der Waals surface area contributed by atoms with E-state index in [1.54, 1.807) is 18.3 Å². The number of thiazole rings is 1. The average Bonchev–Trinajstić information content (AvgIpc) is 3.00. The maximum atomic E-state index is 11.3. The average molecular weight is 489 g/mol. The fraction of sp³-hybridized carbons (Fsp3) is 0.714. The first-order chi connectivity index (χ1) is 11.0. The second-order valence-corrected chi connectivity index (χ2v) is 8.14. The Bertz CT molecular complexity index is 590. The van der Waals surface area contributed by atoms with Gasteiger partial charge < -0.3 is 10.6 Å². The highest BCUT2D eigenvalue weighted by Gasteiger charge is 2.05. The lowest BCUT2D eigenvalue weighted by Gasteiger charge is -2.11. The van der Waals surface area contributed by atoms with Gasteiger partial charge in [-0.3, -0.25) is 0 Å². The molecule has 0 bridgehead atoms. The third kappa shape index (κ3) is 9.74. The minimum atomic E-state index is -3.11.